The van der Waals surface area contributed by atoms with E-state index < -0.39 is 0 Å². The summed E-state index contributed by atoms with van der Waals surface area (Å²) in [7, 11) is 0. The predicted molar refractivity (Wildman–Crippen MR) is 143 cm³/mol. The fraction of sp³-hybridized carbons (Fsp3) is 0.562. The Balaban J connectivity index is 1.50. The van der Waals surface area contributed by atoms with Crippen molar-refractivity contribution < 1.29 is 0 Å². The molecule has 1 heteroatoms. The fourth-order valence-corrected chi connectivity index (χ4v) is 6.60. The van der Waals surface area contributed by atoms with Crippen LogP contribution in [0, 0.1) is 23.2 Å². The Labute approximate surface area is 203 Å². The summed E-state index contributed by atoms with van der Waals surface area (Å²) in [4.78, 5) is 2.58. The zero-order valence-electron chi connectivity index (χ0n) is 21.8. The van der Waals surface area contributed by atoms with E-state index in [1.165, 1.54) is 60.9 Å². The van der Waals surface area contributed by atoms with Gasteiger partial charge in [-0.3, -0.25) is 0 Å². The Morgan fingerprint density at radius 2 is 1.67 bits per heavy atom. The molecule has 2 aliphatic rings. The number of hydrogen-bond acceptors (Lipinski definition) is 1. The molecule has 0 aromatic heterocycles. The second-order valence-electron chi connectivity index (χ2n) is 11.7. The van der Waals surface area contributed by atoms with Crippen molar-refractivity contribution in [2.24, 2.45) is 23.2 Å². The van der Waals surface area contributed by atoms with E-state index in [4.69, 9.17) is 0 Å². The van der Waals surface area contributed by atoms with E-state index in [-0.39, 0.29) is 0 Å². The molecule has 1 atom stereocenters. The van der Waals surface area contributed by atoms with Crippen molar-refractivity contribution in [2.45, 2.75) is 79.6 Å². The third-order valence-electron chi connectivity index (χ3n) is 8.44. The molecule has 2 aromatic rings. The molecule has 178 valence electrons. The number of aryl methyl sites for hydroxylation is 1. The zero-order chi connectivity index (χ0) is 23.6. The number of benzene rings is 2. The van der Waals surface area contributed by atoms with Crippen LogP contribution in [0.25, 0.3) is 5.70 Å². The highest BCUT2D eigenvalue weighted by Crippen LogP contribution is 2.50. The van der Waals surface area contributed by atoms with Crippen LogP contribution in [0.1, 0.15) is 81.7 Å². The van der Waals surface area contributed by atoms with Crippen molar-refractivity contribution in [2.75, 3.05) is 13.1 Å². The highest BCUT2D eigenvalue weighted by Gasteiger charge is 2.44. The lowest BCUT2D eigenvalue weighted by molar-refractivity contribution is 0.0486. The SMILES string of the molecule is C=C(c1ccc(CC(C)C)c(CC)c1)N1CCC2(CC1)Cc1ccccc1CC2CC(C)C. The molecule has 1 nitrogen and oxygen atoms in total. The number of hydrogen-bond donors (Lipinski definition) is 0. The largest absolute Gasteiger partial charge is 0.371 e. The average molecular weight is 444 g/mol. The molecule has 1 unspecified atom stereocenters. The van der Waals surface area contributed by atoms with Crippen LogP contribution in [0.4, 0.5) is 0 Å². The van der Waals surface area contributed by atoms with Crippen LogP contribution in [0.5, 0.6) is 0 Å². The van der Waals surface area contributed by atoms with Gasteiger partial charge in [-0.1, -0.05) is 77.6 Å². The van der Waals surface area contributed by atoms with Gasteiger partial charge in [-0.25, -0.2) is 0 Å². The van der Waals surface area contributed by atoms with Crippen LogP contribution in [-0.2, 0) is 25.7 Å². The molecule has 0 radical (unpaired) electrons. The van der Waals surface area contributed by atoms with Gasteiger partial charge < -0.3 is 4.90 Å². The lowest BCUT2D eigenvalue weighted by Crippen LogP contribution is -2.47. The van der Waals surface area contributed by atoms with Crippen molar-refractivity contribution in [3.8, 4) is 0 Å². The number of likely N-dealkylation sites (tertiary alicyclic amines) is 1. The van der Waals surface area contributed by atoms with Crippen LogP contribution >= 0.6 is 0 Å². The summed E-state index contributed by atoms with van der Waals surface area (Å²) < 4.78 is 0. The quantitative estimate of drug-likeness (QED) is 0.419. The molecule has 4 rings (SSSR count). The first-order valence-electron chi connectivity index (χ1n) is 13.4. The summed E-state index contributed by atoms with van der Waals surface area (Å²) in [5.41, 5.74) is 9.24. The third-order valence-corrected chi connectivity index (χ3v) is 8.44. The second-order valence-corrected chi connectivity index (χ2v) is 11.7. The van der Waals surface area contributed by atoms with Crippen molar-refractivity contribution >= 4 is 5.70 Å². The van der Waals surface area contributed by atoms with Gasteiger partial charge in [0.15, 0.2) is 0 Å². The van der Waals surface area contributed by atoms with Gasteiger partial charge in [0.1, 0.15) is 0 Å². The number of nitrogens with zero attached hydrogens (tertiary/aromatic N) is 1. The van der Waals surface area contributed by atoms with Gasteiger partial charge in [0.05, 0.1) is 0 Å². The van der Waals surface area contributed by atoms with E-state index >= 15 is 0 Å². The van der Waals surface area contributed by atoms with Gasteiger partial charge in [0.2, 0.25) is 0 Å². The maximum Gasteiger partial charge on any atom is 0.0366 e. The van der Waals surface area contributed by atoms with Crippen LogP contribution in [0.3, 0.4) is 0 Å². The molecule has 0 saturated carbocycles. The van der Waals surface area contributed by atoms with E-state index in [0.29, 0.717) is 11.3 Å². The lowest BCUT2D eigenvalue weighted by Gasteiger charge is -2.51. The zero-order valence-corrected chi connectivity index (χ0v) is 21.8. The van der Waals surface area contributed by atoms with Crippen LogP contribution in [0.15, 0.2) is 49.0 Å². The first-order chi connectivity index (χ1) is 15.8. The monoisotopic (exact) mass is 443 g/mol. The Bertz CT molecular complexity index is 958. The summed E-state index contributed by atoms with van der Waals surface area (Å²) >= 11 is 0. The Morgan fingerprint density at radius 1 is 0.970 bits per heavy atom. The van der Waals surface area contributed by atoms with Gasteiger partial charge in [-0.15, -0.1) is 0 Å². The summed E-state index contributed by atoms with van der Waals surface area (Å²) in [6.07, 6.45) is 8.75. The maximum atomic E-state index is 4.58. The maximum absolute atomic E-state index is 4.58. The summed E-state index contributed by atoms with van der Waals surface area (Å²) in [5.74, 6) is 2.27. The van der Waals surface area contributed by atoms with E-state index in [9.17, 15) is 0 Å². The number of fused-ring (bicyclic) bond motifs is 1. The van der Waals surface area contributed by atoms with Crippen LogP contribution in [-0.4, -0.2) is 18.0 Å². The second kappa shape index (κ2) is 10.1. The van der Waals surface area contributed by atoms with Crippen molar-refractivity contribution in [3.63, 3.8) is 0 Å². The number of piperidine rings is 1. The molecular weight excluding hydrogens is 398 g/mol. The van der Waals surface area contributed by atoms with Gasteiger partial charge in [-0.05, 0) is 102 Å². The first-order valence-corrected chi connectivity index (χ1v) is 13.4. The minimum atomic E-state index is 0.463. The highest BCUT2D eigenvalue weighted by atomic mass is 15.1. The smallest absolute Gasteiger partial charge is 0.0366 e. The lowest BCUT2D eigenvalue weighted by atomic mass is 9.58. The molecule has 0 amide bonds. The number of rotatable bonds is 7. The molecule has 1 fully saturated rings. The van der Waals surface area contributed by atoms with Gasteiger partial charge >= 0.3 is 0 Å². The average Bonchev–Trinajstić information content (AvgIpc) is 2.79. The molecule has 33 heavy (non-hydrogen) atoms. The Morgan fingerprint density at radius 3 is 2.30 bits per heavy atom. The Kier molecular flexibility index (Phi) is 7.37. The molecule has 2 aromatic carbocycles. The molecule has 1 saturated heterocycles. The summed E-state index contributed by atoms with van der Waals surface area (Å²) in [5, 5.41) is 0. The fourth-order valence-electron chi connectivity index (χ4n) is 6.60. The van der Waals surface area contributed by atoms with Crippen molar-refractivity contribution in [1.29, 1.82) is 0 Å². The van der Waals surface area contributed by atoms with E-state index in [1.807, 2.05) is 0 Å². The molecule has 1 heterocycles. The predicted octanol–water partition coefficient (Wildman–Crippen LogP) is 7.96. The minimum absolute atomic E-state index is 0.463. The van der Waals surface area contributed by atoms with E-state index in [1.54, 1.807) is 11.1 Å². The minimum Gasteiger partial charge on any atom is -0.371 e. The van der Waals surface area contributed by atoms with Crippen LogP contribution < -0.4 is 0 Å². The first kappa shape index (κ1) is 24.1. The molecule has 1 aliphatic carbocycles. The summed E-state index contributed by atoms with van der Waals surface area (Å²) in [6, 6.07) is 16.3. The standard InChI is InChI=1S/C32H45N/c1-7-26-20-27(12-13-29(26)18-23(2)3)25(6)33-16-14-32(15-17-33)22-30-11-9-8-10-28(30)21-31(32)19-24(4)5/h8-13,20,23-24,31H,6-7,14-19,21-22H2,1-5H3. The van der Waals surface area contributed by atoms with E-state index in [0.717, 1.165) is 31.3 Å². The highest BCUT2D eigenvalue weighted by molar-refractivity contribution is 5.63. The van der Waals surface area contributed by atoms with Crippen molar-refractivity contribution in [3.05, 3.63) is 76.9 Å². The third kappa shape index (κ3) is 5.23. The summed E-state index contributed by atoms with van der Waals surface area (Å²) in [6.45, 7) is 18.6. The molecule has 0 N–H and O–H groups in total. The van der Waals surface area contributed by atoms with Gasteiger partial charge in [0, 0.05) is 18.8 Å². The van der Waals surface area contributed by atoms with Crippen LogP contribution in [0.2, 0.25) is 0 Å². The normalized spacial score (nSPS) is 19.8. The van der Waals surface area contributed by atoms with Gasteiger partial charge in [0.25, 0.3) is 0 Å². The topological polar surface area (TPSA) is 3.24 Å². The molecular formula is C32H45N. The van der Waals surface area contributed by atoms with E-state index in [2.05, 4.69) is 88.6 Å². The van der Waals surface area contributed by atoms with Crippen molar-refractivity contribution in [1.82, 2.24) is 4.90 Å². The Hall–Kier alpha value is -2.02. The molecule has 1 spiro atoms. The molecule has 0 bridgehead atoms. The van der Waals surface area contributed by atoms with Gasteiger partial charge in [-0.2, -0.15) is 0 Å². The molecule has 1 aliphatic heterocycles.